The Hall–Kier alpha value is -2.34. The van der Waals surface area contributed by atoms with Gasteiger partial charge in [-0.2, -0.15) is 31.4 Å². The van der Waals surface area contributed by atoms with E-state index in [1.54, 1.807) is 0 Å². The van der Waals surface area contributed by atoms with E-state index in [-0.39, 0.29) is 22.6 Å². The van der Waals surface area contributed by atoms with Gasteiger partial charge in [0.2, 0.25) is 0 Å². The maximum atomic E-state index is 13.1. The quantitative estimate of drug-likeness (QED) is 0.647. The van der Waals surface area contributed by atoms with Crippen LogP contribution in [0, 0.1) is 5.92 Å². The number of hydrogen-bond acceptors (Lipinski definition) is 4. The number of halogens is 6. The molecule has 6 nitrogen and oxygen atoms in total. The fourth-order valence-electron chi connectivity index (χ4n) is 4.27. The van der Waals surface area contributed by atoms with Crippen LogP contribution in [0.1, 0.15) is 28.9 Å². The number of carbonyl (C=O) groups is 1. The van der Waals surface area contributed by atoms with Gasteiger partial charge in [0.1, 0.15) is 0 Å². The SMILES string of the molecule is O=C(N[C@@H]1CN2CCC1CC2)c1n[nH]c2cc(C(O)(C(F)(F)F)C(F)(F)F)ccc12. The Morgan fingerprint density at radius 1 is 1.13 bits per heavy atom. The summed E-state index contributed by atoms with van der Waals surface area (Å²) in [6, 6.07) is 1.84. The zero-order valence-corrected chi connectivity index (χ0v) is 15.4. The third-order valence-corrected chi connectivity index (χ3v) is 5.99. The molecule has 3 aliphatic heterocycles. The first kappa shape index (κ1) is 20.9. The molecule has 3 N–H and O–H groups in total. The summed E-state index contributed by atoms with van der Waals surface area (Å²) in [5.74, 6) is -0.237. The van der Waals surface area contributed by atoms with E-state index in [0.29, 0.717) is 24.6 Å². The van der Waals surface area contributed by atoms with E-state index in [1.807, 2.05) is 0 Å². The third-order valence-electron chi connectivity index (χ3n) is 5.99. The fourth-order valence-corrected chi connectivity index (χ4v) is 4.27. The van der Waals surface area contributed by atoms with Gasteiger partial charge in [-0.25, -0.2) is 0 Å². The highest BCUT2D eigenvalue weighted by atomic mass is 19.4. The van der Waals surface area contributed by atoms with Gasteiger partial charge in [-0.3, -0.25) is 9.89 Å². The molecule has 5 rings (SSSR count). The molecule has 0 aliphatic carbocycles. The lowest BCUT2D eigenvalue weighted by Gasteiger charge is -2.44. The van der Waals surface area contributed by atoms with Gasteiger partial charge in [0.25, 0.3) is 11.5 Å². The van der Waals surface area contributed by atoms with E-state index in [4.69, 9.17) is 0 Å². The zero-order chi connectivity index (χ0) is 21.9. The van der Waals surface area contributed by atoms with E-state index in [2.05, 4.69) is 20.4 Å². The molecular formula is C18H18F6N4O2. The molecule has 0 spiro atoms. The number of H-pyrrole nitrogens is 1. The van der Waals surface area contributed by atoms with Gasteiger partial charge in [-0.05, 0) is 44.0 Å². The minimum atomic E-state index is -5.99. The smallest absolute Gasteiger partial charge is 0.369 e. The minimum absolute atomic E-state index is 0.0595. The molecule has 30 heavy (non-hydrogen) atoms. The summed E-state index contributed by atoms with van der Waals surface area (Å²) in [4.78, 5) is 14.9. The standard InChI is InChI=1S/C18H18F6N4O2/c19-17(20,21)16(30,18(22,23)24)10-1-2-11-12(7-10)26-27-14(11)15(29)25-13-8-28-5-3-9(13)4-6-28/h1-2,7,9,13,30H,3-6,8H2,(H,25,29)(H,26,27)/t13-/m1/s1. The lowest BCUT2D eigenvalue weighted by molar-refractivity contribution is -0.376. The van der Waals surface area contributed by atoms with Crippen LogP contribution in [0.2, 0.25) is 0 Å². The molecule has 2 aromatic rings. The number of benzene rings is 1. The number of nitrogens with one attached hydrogen (secondary N) is 2. The molecule has 0 unspecified atom stereocenters. The number of hydrogen-bond donors (Lipinski definition) is 3. The fraction of sp³-hybridized carbons (Fsp3) is 0.556. The maximum absolute atomic E-state index is 13.1. The zero-order valence-electron chi connectivity index (χ0n) is 15.4. The summed E-state index contributed by atoms with van der Waals surface area (Å²) >= 11 is 0. The van der Waals surface area contributed by atoms with E-state index in [0.717, 1.165) is 32.0 Å². The summed E-state index contributed by atoms with van der Waals surface area (Å²) in [6.07, 6.45) is -10.1. The Labute approximate surface area is 166 Å². The number of aliphatic hydroxyl groups is 1. The van der Waals surface area contributed by atoms with Gasteiger partial charge in [0, 0.05) is 23.5 Å². The summed E-state index contributed by atoms with van der Waals surface area (Å²) in [6.45, 7) is 2.62. The second kappa shape index (κ2) is 6.84. The Morgan fingerprint density at radius 2 is 1.77 bits per heavy atom. The lowest BCUT2D eigenvalue weighted by Crippen LogP contribution is -2.57. The summed E-state index contributed by atoms with van der Waals surface area (Å²) in [7, 11) is 0. The van der Waals surface area contributed by atoms with Crippen molar-refractivity contribution in [2.24, 2.45) is 5.92 Å². The molecule has 1 atom stereocenters. The number of amides is 1. The highest BCUT2D eigenvalue weighted by Gasteiger charge is 2.71. The van der Waals surface area contributed by atoms with Gasteiger partial charge in [-0.1, -0.05) is 6.07 Å². The first-order chi connectivity index (χ1) is 13.9. The maximum Gasteiger partial charge on any atom is 0.430 e. The number of carbonyl (C=O) groups excluding carboxylic acids is 1. The van der Waals surface area contributed by atoms with Crippen LogP contribution in [0.15, 0.2) is 18.2 Å². The number of aromatic amines is 1. The first-order valence-electron chi connectivity index (χ1n) is 9.29. The number of aromatic nitrogens is 2. The van der Waals surface area contributed by atoms with Crippen LogP contribution in [-0.2, 0) is 5.60 Å². The largest absolute Gasteiger partial charge is 0.430 e. The van der Waals surface area contributed by atoms with Crippen molar-refractivity contribution in [2.75, 3.05) is 19.6 Å². The molecule has 0 saturated carbocycles. The van der Waals surface area contributed by atoms with Crippen molar-refractivity contribution in [3.05, 3.63) is 29.5 Å². The van der Waals surface area contributed by atoms with Crippen LogP contribution in [0.4, 0.5) is 26.3 Å². The van der Waals surface area contributed by atoms with Crippen molar-refractivity contribution in [3.63, 3.8) is 0 Å². The average Bonchev–Trinajstić information content (AvgIpc) is 3.10. The second-order valence-electron chi connectivity index (χ2n) is 7.76. The van der Waals surface area contributed by atoms with E-state index in [9.17, 15) is 36.2 Å². The van der Waals surface area contributed by atoms with E-state index in [1.165, 1.54) is 0 Å². The predicted molar refractivity (Wildman–Crippen MR) is 92.5 cm³/mol. The highest BCUT2D eigenvalue weighted by Crippen LogP contribution is 2.50. The highest BCUT2D eigenvalue weighted by molar-refractivity contribution is 6.04. The molecule has 1 aromatic heterocycles. The Balaban J connectivity index is 1.63. The van der Waals surface area contributed by atoms with Crippen LogP contribution in [-0.4, -0.2) is 64.1 Å². The van der Waals surface area contributed by atoms with Crippen molar-refractivity contribution in [3.8, 4) is 0 Å². The van der Waals surface area contributed by atoms with Gasteiger partial charge < -0.3 is 15.3 Å². The van der Waals surface area contributed by atoms with E-state index >= 15 is 0 Å². The van der Waals surface area contributed by atoms with Gasteiger partial charge in [-0.15, -0.1) is 0 Å². The topological polar surface area (TPSA) is 81.2 Å². The van der Waals surface area contributed by atoms with Crippen LogP contribution >= 0.6 is 0 Å². The minimum Gasteiger partial charge on any atom is -0.369 e. The molecule has 3 aliphatic rings. The van der Waals surface area contributed by atoms with Crippen LogP contribution < -0.4 is 5.32 Å². The van der Waals surface area contributed by atoms with Gasteiger partial charge >= 0.3 is 12.4 Å². The average molecular weight is 436 g/mol. The number of rotatable bonds is 3. The molecule has 3 fully saturated rings. The molecule has 0 radical (unpaired) electrons. The molecule has 1 aromatic carbocycles. The van der Waals surface area contributed by atoms with Crippen molar-refractivity contribution >= 4 is 16.8 Å². The van der Waals surface area contributed by atoms with Crippen molar-refractivity contribution < 1.29 is 36.2 Å². The van der Waals surface area contributed by atoms with Crippen molar-refractivity contribution in [1.82, 2.24) is 20.4 Å². The second-order valence-corrected chi connectivity index (χ2v) is 7.76. The number of fused-ring (bicyclic) bond motifs is 4. The third kappa shape index (κ3) is 3.22. The molecule has 164 valence electrons. The molecule has 1 amide bonds. The van der Waals surface area contributed by atoms with Crippen LogP contribution in [0.5, 0.6) is 0 Å². The Morgan fingerprint density at radius 3 is 2.30 bits per heavy atom. The molecule has 4 heterocycles. The number of alkyl halides is 6. The Kier molecular flexibility index (Phi) is 4.77. The summed E-state index contributed by atoms with van der Waals surface area (Å²) in [5, 5.41) is 18.5. The van der Waals surface area contributed by atoms with Crippen LogP contribution in [0.25, 0.3) is 10.9 Å². The molecular weight excluding hydrogens is 418 g/mol. The first-order valence-corrected chi connectivity index (χ1v) is 9.29. The number of nitrogens with zero attached hydrogens (tertiary/aromatic N) is 2. The van der Waals surface area contributed by atoms with E-state index < -0.39 is 29.4 Å². The van der Waals surface area contributed by atoms with Crippen molar-refractivity contribution in [2.45, 2.75) is 36.8 Å². The summed E-state index contributed by atoms with van der Waals surface area (Å²) < 4.78 is 78.5. The van der Waals surface area contributed by atoms with Gasteiger partial charge in [0.05, 0.1) is 5.52 Å². The Bertz CT molecular complexity index is 948. The molecule has 3 saturated heterocycles. The van der Waals surface area contributed by atoms with Gasteiger partial charge in [0.15, 0.2) is 5.69 Å². The lowest BCUT2D eigenvalue weighted by atomic mass is 9.84. The monoisotopic (exact) mass is 436 g/mol. The molecule has 2 bridgehead atoms. The summed E-state index contributed by atoms with van der Waals surface area (Å²) in [5.41, 5.74) is -6.81. The van der Waals surface area contributed by atoms with Crippen molar-refractivity contribution in [1.29, 1.82) is 0 Å². The number of piperidine rings is 3. The van der Waals surface area contributed by atoms with Crippen LogP contribution in [0.3, 0.4) is 0 Å². The predicted octanol–water partition coefficient (Wildman–Crippen LogP) is 2.70. The normalized spacial score (nSPS) is 25.0. The molecule has 12 heteroatoms.